The van der Waals surface area contributed by atoms with Crippen molar-refractivity contribution in [3.05, 3.63) is 10.2 Å². The highest BCUT2D eigenvalue weighted by atomic mass is 35.9. The van der Waals surface area contributed by atoms with Gasteiger partial charge in [0.1, 0.15) is 0 Å². The van der Waals surface area contributed by atoms with E-state index in [4.69, 9.17) is 34.1 Å². The minimum atomic E-state index is -3.11. The van der Waals surface area contributed by atoms with E-state index in [0.717, 1.165) is 5.82 Å². The van der Waals surface area contributed by atoms with Crippen molar-refractivity contribution in [3.63, 3.8) is 0 Å². The topological polar surface area (TPSA) is 17.1 Å². The van der Waals surface area contributed by atoms with E-state index in [1.807, 2.05) is 0 Å². The SMILES string of the molecule is CSC(Cl)=CP(=O)(Cl)Cl. The lowest BCUT2D eigenvalue weighted by Crippen LogP contribution is -1.55. The van der Waals surface area contributed by atoms with Gasteiger partial charge in [0.2, 0.25) is 0 Å². The van der Waals surface area contributed by atoms with Crippen molar-refractivity contribution in [3.8, 4) is 0 Å². The highest BCUT2D eigenvalue weighted by Crippen LogP contribution is 2.59. The molecule has 0 fully saturated rings. The average molecular weight is 225 g/mol. The van der Waals surface area contributed by atoms with E-state index in [9.17, 15) is 4.57 Å². The Hall–Kier alpha value is 1.19. The molecule has 0 spiro atoms. The van der Waals surface area contributed by atoms with Gasteiger partial charge in [-0.3, -0.25) is 4.57 Å². The van der Waals surface area contributed by atoms with E-state index in [2.05, 4.69) is 0 Å². The molecule has 1 nitrogen and oxygen atoms in total. The lowest BCUT2D eigenvalue weighted by atomic mass is 11.2. The summed E-state index contributed by atoms with van der Waals surface area (Å²) in [5.74, 6) is -1.97. The maximum atomic E-state index is 10.5. The van der Waals surface area contributed by atoms with E-state index in [1.54, 1.807) is 6.26 Å². The standard InChI is InChI=1S/C3H4Cl3OPS/c1-9-3(4)2-8(5,6)7/h2H,1H3. The molecule has 9 heavy (non-hydrogen) atoms. The highest BCUT2D eigenvalue weighted by molar-refractivity contribution is 8.11. The molecule has 0 aliphatic rings. The van der Waals surface area contributed by atoms with Crippen molar-refractivity contribution in [1.29, 1.82) is 0 Å². The Bertz CT molecular complexity index is 162. The Morgan fingerprint density at radius 2 is 2.11 bits per heavy atom. The van der Waals surface area contributed by atoms with Crippen LogP contribution in [-0.2, 0) is 4.57 Å². The molecule has 0 radical (unpaired) electrons. The van der Waals surface area contributed by atoms with E-state index in [0.29, 0.717) is 4.36 Å². The molecular weight excluding hydrogens is 221 g/mol. The normalized spacial score (nSPS) is 14.0. The van der Waals surface area contributed by atoms with E-state index < -0.39 is 5.85 Å². The van der Waals surface area contributed by atoms with Gasteiger partial charge >= 0.3 is 0 Å². The van der Waals surface area contributed by atoms with Gasteiger partial charge in [0, 0.05) is 5.82 Å². The highest BCUT2D eigenvalue weighted by Gasteiger charge is 2.09. The molecule has 0 atom stereocenters. The van der Waals surface area contributed by atoms with Gasteiger partial charge < -0.3 is 0 Å². The molecule has 0 unspecified atom stereocenters. The van der Waals surface area contributed by atoms with Crippen molar-refractivity contribution in [2.24, 2.45) is 0 Å². The van der Waals surface area contributed by atoms with E-state index in [-0.39, 0.29) is 0 Å². The van der Waals surface area contributed by atoms with Crippen molar-refractivity contribution in [2.45, 2.75) is 0 Å². The summed E-state index contributed by atoms with van der Waals surface area (Å²) in [5, 5.41) is 0. The molecular formula is C3H4Cl3OPS. The zero-order valence-electron chi connectivity index (χ0n) is 4.47. The molecule has 0 saturated heterocycles. The van der Waals surface area contributed by atoms with Gasteiger partial charge in [-0.15, -0.1) is 11.8 Å². The molecule has 0 aliphatic carbocycles. The Kier molecular flexibility index (Phi) is 4.70. The van der Waals surface area contributed by atoms with Crippen LogP contribution in [0.25, 0.3) is 0 Å². The Morgan fingerprint density at radius 1 is 1.67 bits per heavy atom. The lowest BCUT2D eigenvalue weighted by Gasteiger charge is -1.92. The van der Waals surface area contributed by atoms with Crippen molar-refractivity contribution in [2.75, 3.05) is 6.26 Å². The number of hydrogen-bond acceptors (Lipinski definition) is 2. The third-order valence-corrected chi connectivity index (χ3v) is 3.00. The second-order valence-electron chi connectivity index (χ2n) is 1.14. The maximum Gasteiger partial charge on any atom is 0.276 e. The Morgan fingerprint density at radius 3 is 2.22 bits per heavy atom. The first-order valence-corrected chi connectivity index (χ1v) is 7.06. The molecule has 0 aromatic heterocycles. The number of thioether (sulfide) groups is 1. The van der Waals surface area contributed by atoms with Crippen LogP contribution < -0.4 is 0 Å². The maximum absolute atomic E-state index is 10.5. The van der Waals surface area contributed by atoms with Crippen LogP contribution in [0.2, 0.25) is 0 Å². The van der Waals surface area contributed by atoms with Gasteiger partial charge in [-0.2, -0.15) is 0 Å². The molecule has 6 heteroatoms. The summed E-state index contributed by atoms with van der Waals surface area (Å²) in [7, 11) is 0. The van der Waals surface area contributed by atoms with Gasteiger partial charge in [-0.05, 0) is 28.7 Å². The summed E-state index contributed by atoms with van der Waals surface area (Å²) in [6, 6.07) is 0. The van der Waals surface area contributed by atoms with Gasteiger partial charge in [0.05, 0.1) is 4.36 Å². The molecule has 0 N–H and O–H groups in total. The van der Waals surface area contributed by atoms with Gasteiger partial charge in [0.25, 0.3) is 5.85 Å². The Labute approximate surface area is 72.7 Å². The molecule has 0 heterocycles. The molecule has 0 aromatic rings. The van der Waals surface area contributed by atoms with Crippen LogP contribution in [0.5, 0.6) is 0 Å². The minimum Gasteiger partial charge on any atom is -0.285 e. The summed E-state index contributed by atoms with van der Waals surface area (Å²) >= 11 is 17.0. The van der Waals surface area contributed by atoms with Gasteiger partial charge in [-0.1, -0.05) is 11.6 Å². The monoisotopic (exact) mass is 224 g/mol. The molecule has 0 aliphatic heterocycles. The second kappa shape index (κ2) is 4.15. The first-order chi connectivity index (χ1) is 3.95. The number of hydrogen-bond donors (Lipinski definition) is 0. The van der Waals surface area contributed by atoms with Crippen LogP contribution in [-0.4, -0.2) is 6.26 Å². The van der Waals surface area contributed by atoms with Crippen molar-refractivity contribution < 1.29 is 4.57 Å². The molecule has 0 bridgehead atoms. The fourth-order valence-electron chi connectivity index (χ4n) is 0.171. The van der Waals surface area contributed by atoms with E-state index >= 15 is 0 Å². The van der Waals surface area contributed by atoms with Crippen LogP contribution >= 0.6 is 51.7 Å². The summed E-state index contributed by atoms with van der Waals surface area (Å²) in [6.45, 7) is 0. The molecule has 54 valence electrons. The molecule has 0 amide bonds. The van der Waals surface area contributed by atoms with Crippen LogP contribution in [0.1, 0.15) is 0 Å². The van der Waals surface area contributed by atoms with Crippen LogP contribution in [0, 0.1) is 0 Å². The third kappa shape index (κ3) is 7.08. The predicted octanol–water partition coefficient (Wildman–Crippen LogP) is 4.06. The fourth-order valence-corrected chi connectivity index (χ4v) is 2.92. The van der Waals surface area contributed by atoms with Crippen LogP contribution in [0.15, 0.2) is 10.2 Å². The van der Waals surface area contributed by atoms with E-state index in [1.165, 1.54) is 11.8 Å². The summed E-state index contributed by atoms with van der Waals surface area (Å²) in [4.78, 5) is 0. The number of halogens is 3. The van der Waals surface area contributed by atoms with Crippen LogP contribution in [0.3, 0.4) is 0 Å². The lowest BCUT2D eigenvalue weighted by molar-refractivity contribution is 0.597. The predicted molar refractivity (Wildman–Crippen MR) is 46.8 cm³/mol. The molecule has 0 aromatic carbocycles. The fraction of sp³-hybridized carbons (Fsp3) is 0.333. The smallest absolute Gasteiger partial charge is 0.276 e. The first-order valence-electron chi connectivity index (χ1n) is 1.87. The minimum absolute atomic E-state index is 0.350. The third-order valence-electron chi connectivity index (χ3n) is 0.447. The summed E-state index contributed by atoms with van der Waals surface area (Å²) in [5.41, 5.74) is 0. The zero-order valence-corrected chi connectivity index (χ0v) is 8.45. The van der Waals surface area contributed by atoms with Gasteiger partial charge in [-0.25, -0.2) is 0 Å². The van der Waals surface area contributed by atoms with Crippen molar-refractivity contribution in [1.82, 2.24) is 0 Å². The molecule has 0 rings (SSSR count). The molecule has 0 saturated carbocycles. The Balaban J connectivity index is 4.13. The summed E-state index contributed by atoms with van der Waals surface area (Å²) < 4.78 is 10.9. The number of rotatable bonds is 2. The van der Waals surface area contributed by atoms with Crippen molar-refractivity contribution >= 4 is 51.7 Å². The quantitative estimate of drug-likeness (QED) is 0.659. The summed E-state index contributed by atoms with van der Waals surface area (Å²) in [6.07, 6.45) is 1.74. The second-order valence-corrected chi connectivity index (χ2v) is 7.41. The zero-order chi connectivity index (χ0) is 7.49. The average Bonchev–Trinajstić information content (AvgIpc) is 1.62. The van der Waals surface area contributed by atoms with Crippen LogP contribution in [0.4, 0.5) is 0 Å². The largest absolute Gasteiger partial charge is 0.285 e. The first kappa shape index (κ1) is 10.2. The van der Waals surface area contributed by atoms with Gasteiger partial charge in [0.15, 0.2) is 0 Å².